The molecular formula is C22H21Cl2NO3. The fraction of sp³-hybridized carbons (Fsp3) is 0.273. The van der Waals surface area contributed by atoms with Gasteiger partial charge in [0, 0.05) is 27.4 Å². The average Bonchev–Trinajstić information content (AvgIpc) is 2.65. The number of pyridine rings is 1. The molecule has 3 aromatic rings. The maximum atomic E-state index is 12.6. The molecule has 1 heterocycles. The smallest absolute Gasteiger partial charge is 0.360 e. The van der Waals surface area contributed by atoms with Crippen LogP contribution < -0.4 is 4.74 Å². The number of halogens is 2. The van der Waals surface area contributed by atoms with E-state index in [-0.39, 0.29) is 18.4 Å². The van der Waals surface area contributed by atoms with Crippen LogP contribution in [0.25, 0.3) is 10.9 Å². The molecule has 0 saturated heterocycles. The molecule has 146 valence electrons. The van der Waals surface area contributed by atoms with Gasteiger partial charge in [-0.15, -0.1) is 0 Å². The van der Waals surface area contributed by atoms with Crippen LogP contribution in [-0.4, -0.2) is 23.7 Å². The topological polar surface area (TPSA) is 48.4 Å². The lowest BCUT2D eigenvalue weighted by Crippen LogP contribution is -2.16. The molecule has 0 unspecified atom stereocenters. The van der Waals surface area contributed by atoms with Gasteiger partial charge in [-0.3, -0.25) is 0 Å². The third-order valence-corrected chi connectivity index (χ3v) is 4.76. The first-order chi connectivity index (χ1) is 13.4. The first-order valence-electron chi connectivity index (χ1n) is 9.10. The van der Waals surface area contributed by atoms with Crippen LogP contribution >= 0.6 is 23.2 Å². The Bertz CT molecular complexity index is 1020. The van der Waals surface area contributed by atoms with Crippen molar-refractivity contribution in [3.05, 3.63) is 69.3 Å². The maximum Gasteiger partial charge on any atom is 0.360 e. The highest BCUT2D eigenvalue weighted by Crippen LogP contribution is 2.35. The van der Waals surface area contributed by atoms with Gasteiger partial charge in [0.25, 0.3) is 0 Å². The minimum Gasteiger partial charge on any atom is -0.488 e. The van der Waals surface area contributed by atoms with Crippen LogP contribution in [0.5, 0.6) is 5.75 Å². The van der Waals surface area contributed by atoms with Gasteiger partial charge in [0.1, 0.15) is 0 Å². The van der Waals surface area contributed by atoms with Crippen molar-refractivity contribution in [3.8, 4) is 5.75 Å². The Labute approximate surface area is 174 Å². The second-order valence-corrected chi connectivity index (χ2v) is 7.43. The Morgan fingerprint density at radius 2 is 1.89 bits per heavy atom. The molecule has 0 saturated carbocycles. The summed E-state index contributed by atoms with van der Waals surface area (Å²) in [6.07, 6.45) is 0.310. The zero-order valence-corrected chi connectivity index (χ0v) is 17.5. The summed E-state index contributed by atoms with van der Waals surface area (Å²) in [5.41, 5.74) is 2.52. The molecule has 0 amide bonds. The van der Waals surface area contributed by atoms with Crippen molar-refractivity contribution >= 4 is 40.1 Å². The van der Waals surface area contributed by atoms with Crippen molar-refractivity contribution in [1.29, 1.82) is 0 Å². The molecule has 4 nitrogen and oxygen atoms in total. The van der Waals surface area contributed by atoms with Gasteiger partial charge in [-0.1, -0.05) is 41.4 Å². The zero-order chi connectivity index (χ0) is 20.3. The minimum atomic E-state index is -0.518. The zero-order valence-electron chi connectivity index (χ0n) is 16.0. The fourth-order valence-corrected chi connectivity index (χ4v) is 3.37. The van der Waals surface area contributed by atoms with Gasteiger partial charge in [-0.05, 0) is 50.6 Å². The number of carbonyl (C=O) groups excluding carboxylic acids is 1. The summed E-state index contributed by atoms with van der Waals surface area (Å²) in [5, 5.41) is 2.04. The highest BCUT2D eigenvalue weighted by atomic mass is 35.5. The Balaban J connectivity index is 2.30. The highest BCUT2D eigenvalue weighted by molar-refractivity contribution is 6.31. The van der Waals surface area contributed by atoms with Crippen molar-refractivity contribution in [1.82, 2.24) is 4.98 Å². The van der Waals surface area contributed by atoms with Crippen LogP contribution in [0.4, 0.5) is 0 Å². The van der Waals surface area contributed by atoms with E-state index in [0.29, 0.717) is 27.7 Å². The molecular weight excluding hydrogens is 397 g/mol. The maximum absolute atomic E-state index is 12.6. The first kappa shape index (κ1) is 20.4. The van der Waals surface area contributed by atoms with E-state index in [1.165, 1.54) is 0 Å². The summed E-state index contributed by atoms with van der Waals surface area (Å²) in [6.45, 7) is 5.80. The molecule has 2 aromatic carbocycles. The Kier molecular flexibility index (Phi) is 6.42. The largest absolute Gasteiger partial charge is 0.488 e. The molecule has 6 heteroatoms. The molecule has 0 spiro atoms. The minimum absolute atomic E-state index is 0.156. The molecule has 0 fully saturated rings. The SMILES string of the molecule is CCOC(=O)c1nc2ccc(Cl)cc2c(Cc2ccccc2Cl)c1OC(C)C. The molecule has 0 atom stereocenters. The number of hydrogen-bond donors (Lipinski definition) is 0. The lowest BCUT2D eigenvalue weighted by molar-refractivity contribution is 0.0513. The number of ether oxygens (including phenoxy) is 2. The second-order valence-electron chi connectivity index (χ2n) is 6.58. The van der Waals surface area contributed by atoms with Gasteiger partial charge < -0.3 is 9.47 Å². The molecule has 3 rings (SSSR count). The monoisotopic (exact) mass is 417 g/mol. The van der Waals surface area contributed by atoms with E-state index in [4.69, 9.17) is 32.7 Å². The summed E-state index contributed by atoms with van der Waals surface area (Å²) < 4.78 is 11.3. The molecule has 1 aromatic heterocycles. The highest BCUT2D eigenvalue weighted by Gasteiger charge is 2.24. The van der Waals surface area contributed by atoms with E-state index < -0.39 is 5.97 Å². The van der Waals surface area contributed by atoms with Gasteiger partial charge in [-0.25, -0.2) is 9.78 Å². The molecule has 0 N–H and O–H groups in total. The Morgan fingerprint density at radius 3 is 2.57 bits per heavy atom. The van der Waals surface area contributed by atoms with Crippen LogP contribution in [-0.2, 0) is 11.2 Å². The lowest BCUT2D eigenvalue weighted by atomic mass is 9.98. The third kappa shape index (κ3) is 4.40. The van der Waals surface area contributed by atoms with E-state index in [0.717, 1.165) is 16.5 Å². The van der Waals surface area contributed by atoms with Crippen molar-refractivity contribution in [3.63, 3.8) is 0 Å². The number of nitrogens with zero attached hydrogens (tertiary/aromatic N) is 1. The summed E-state index contributed by atoms with van der Waals surface area (Å²) >= 11 is 12.6. The van der Waals surface area contributed by atoms with Gasteiger partial charge in [-0.2, -0.15) is 0 Å². The van der Waals surface area contributed by atoms with Crippen LogP contribution in [0.3, 0.4) is 0 Å². The number of carbonyl (C=O) groups is 1. The Morgan fingerprint density at radius 1 is 1.14 bits per heavy atom. The van der Waals surface area contributed by atoms with Gasteiger partial charge in [0.15, 0.2) is 11.4 Å². The first-order valence-corrected chi connectivity index (χ1v) is 9.85. The van der Waals surface area contributed by atoms with Gasteiger partial charge in [0.05, 0.1) is 18.2 Å². The van der Waals surface area contributed by atoms with Crippen molar-refractivity contribution in [2.75, 3.05) is 6.61 Å². The van der Waals surface area contributed by atoms with Crippen molar-refractivity contribution < 1.29 is 14.3 Å². The normalized spacial score (nSPS) is 11.1. The molecule has 0 aliphatic heterocycles. The summed E-state index contributed by atoms with van der Waals surface area (Å²) in [7, 11) is 0. The number of esters is 1. The number of aromatic nitrogens is 1. The van der Waals surface area contributed by atoms with E-state index >= 15 is 0 Å². The quantitative estimate of drug-likeness (QED) is 0.454. The van der Waals surface area contributed by atoms with E-state index in [1.807, 2.05) is 44.2 Å². The van der Waals surface area contributed by atoms with Gasteiger partial charge >= 0.3 is 5.97 Å². The molecule has 0 bridgehead atoms. The van der Waals surface area contributed by atoms with Crippen molar-refractivity contribution in [2.24, 2.45) is 0 Å². The van der Waals surface area contributed by atoms with E-state index in [1.54, 1.807) is 19.1 Å². The third-order valence-electron chi connectivity index (χ3n) is 4.15. The van der Waals surface area contributed by atoms with Crippen LogP contribution in [0.15, 0.2) is 42.5 Å². The summed E-state index contributed by atoms with van der Waals surface area (Å²) in [4.78, 5) is 17.1. The van der Waals surface area contributed by atoms with Gasteiger partial charge in [0.2, 0.25) is 0 Å². The standard InChI is InChI=1S/C22H21Cl2NO3/c1-4-27-22(26)20-21(28-13(2)3)17(11-14-7-5-6-8-18(14)24)16-12-15(23)9-10-19(16)25-20/h5-10,12-13H,4,11H2,1-3H3. The number of fused-ring (bicyclic) bond motifs is 1. The Hall–Kier alpha value is -2.30. The van der Waals surface area contributed by atoms with Crippen LogP contribution in [0.1, 0.15) is 42.4 Å². The lowest BCUT2D eigenvalue weighted by Gasteiger charge is -2.19. The van der Waals surface area contributed by atoms with Crippen molar-refractivity contribution in [2.45, 2.75) is 33.3 Å². The summed E-state index contributed by atoms with van der Waals surface area (Å²) in [6, 6.07) is 12.9. The molecule has 0 aliphatic carbocycles. The molecule has 0 radical (unpaired) electrons. The second kappa shape index (κ2) is 8.80. The predicted molar refractivity (Wildman–Crippen MR) is 113 cm³/mol. The van der Waals surface area contributed by atoms with Crippen LogP contribution in [0.2, 0.25) is 10.0 Å². The number of benzene rings is 2. The molecule has 0 aliphatic rings. The average molecular weight is 418 g/mol. The fourth-order valence-electron chi connectivity index (χ4n) is 2.99. The van der Waals surface area contributed by atoms with Crippen LogP contribution in [0, 0.1) is 0 Å². The van der Waals surface area contributed by atoms with E-state index in [9.17, 15) is 4.79 Å². The number of hydrogen-bond acceptors (Lipinski definition) is 4. The predicted octanol–water partition coefficient (Wildman–Crippen LogP) is 6.10. The van der Waals surface area contributed by atoms with E-state index in [2.05, 4.69) is 4.98 Å². The summed E-state index contributed by atoms with van der Waals surface area (Å²) in [5.74, 6) is -0.112. The molecule has 28 heavy (non-hydrogen) atoms. The number of rotatable bonds is 6.